The Morgan fingerprint density at radius 1 is 1.42 bits per heavy atom. The molecule has 7 nitrogen and oxygen atoms in total. The van der Waals surface area contributed by atoms with Crippen LogP contribution >= 0.6 is 11.3 Å². The number of nitrogens with zero attached hydrogens (tertiary/aromatic N) is 6. The molecule has 1 atom stereocenters. The minimum Gasteiger partial charge on any atom is -0.298 e. The topological polar surface area (TPSA) is 96.9 Å². The number of pyridine rings is 1. The van der Waals surface area contributed by atoms with E-state index in [4.69, 9.17) is 5.26 Å². The first kappa shape index (κ1) is 17.8. The molecule has 2 aromatic heterocycles. The van der Waals surface area contributed by atoms with Gasteiger partial charge in [-0.2, -0.15) is 10.5 Å². The summed E-state index contributed by atoms with van der Waals surface area (Å²) in [5, 5.41) is 18.8. The molecule has 1 saturated heterocycles. The monoisotopic (exact) mass is 366 g/mol. The molecule has 0 aromatic carbocycles. The normalized spacial score (nSPS) is 16.2. The molecule has 1 fully saturated rings. The first-order valence-corrected chi connectivity index (χ1v) is 9.21. The molecule has 1 amide bonds. The van der Waals surface area contributed by atoms with E-state index >= 15 is 0 Å². The predicted molar refractivity (Wildman–Crippen MR) is 98.2 cm³/mol. The second-order valence-corrected chi connectivity index (χ2v) is 7.05. The van der Waals surface area contributed by atoms with E-state index in [1.807, 2.05) is 19.1 Å². The Morgan fingerprint density at radius 3 is 2.92 bits per heavy atom. The van der Waals surface area contributed by atoms with E-state index in [1.54, 1.807) is 19.2 Å². The summed E-state index contributed by atoms with van der Waals surface area (Å²) in [5.41, 5.74) is 1.66. The molecule has 3 heterocycles. The lowest BCUT2D eigenvalue weighted by Gasteiger charge is -2.22. The van der Waals surface area contributed by atoms with Gasteiger partial charge in [-0.3, -0.25) is 14.6 Å². The average Bonchev–Trinajstić information content (AvgIpc) is 3.33. The van der Waals surface area contributed by atoms with Crippen molar-refractivity contribution in [2.45, 2.75) is 32.2 Å². The maximum atomic E-state index is 12.8. The highest BCUT2D eigenvalue weighted by atomic mass is 32.1. The van der Waals surface area contributed by atoms with E-state index in [-0.39, 0.29) is 5.91 Å². The molecule has 1 aliphatic heterocycles. The summed E-state index contributed by atoms with van der Waals surface area (Å²) in [6.45, 7) is 2.64. The number of thiazole rings is 1. The van der Waals surface area contributed by atoms with Crippen LogP contribution in [-0.2, 0) is 11.2 Å². The van der Waals surface area contributed by atoms with Crippen LogP contribution in [-0.4, -0.2) is 40.4 Å². The van der Waals surface area contributed by atoms with Crippen LogP contribution in [0.4, 0.5) is 5.13 Å². The Labute approximate surface area is 156 Å². The van der Waals surface area contributed by atoms with Gasteiger partial charge in [0.25, 0.3) is 5.91 Å². The van der Waals surface area contributed by atoms with Gasteiger partial charge in [-0.25, -0.2) is 9.97 Å². The molecule has 1 aliphatic rings. The maximum Gasteiger partial charge on any atom is 0.251 e. The predicted octanol–water partition coefficient (Wildman–Crippen LogP) is 2.55. The summed E-state index contributed by atoms with van der Waals surface area (Å²) in [7, 11) is 1.69. The fraction of sp³-hybridized carbons (Fsp3) is 0.389. The fourth-order valence-corrected chi connectivity index (χ4v) is 3.99. The van der Waals surface area contributed by atoms with Crippen molar-refractivity contribution < 1.29 is 4.79 Å². The molecule has 0 spiro atoms. The van der Waals surface area contributed by atoms with Crippen LogP contribution in [0.3, 0.4) is 0 Å². The summed E-state index contributed by atoms with van der Waals surface area (Å²) in [6.07, 6.45) is 4.37. The van der Waals surface area contributed by atoms with Crippen LogP contribution in [0.1, 0.15) is 30.3 Å². The Balaban J connectivity index is 1.92. The highest BCUT2D eigenvalue weighted by Gasteiger charge is 2.33. The van der Waals surface area contributed by atoms with Crippen molar-refractivity contribution in [3.05, 3.63) is 28.8 Å². The third kappa shape index (κ3) is 3.24. The quantitative estimate of drug-likeness (QED) is 0.772. The lowest BCUT2D eigenvalue weighted by atomic mass is 10.2. The summed E-state index contributed by atoms with van der Waals surface area (Å²) in [4.78, 5) is 25.8. The minimum absolute atomic E-state index is 0.120. The molecule has 26 heavy (non-hydrogen) atoms. The van der Waals surface area contributed by atoms with E-state index in [1.165, 1.54) is 21.1 Å². The first-order valence-electron chi connectivity index (χ1n) is 8.40. The summed E-state index contributed by atoms with van der Waals surface area (Å²) >= 11 is 1.44. The molecule has 0 N–H and O–H groups in total. The van der Waals surface area contributed by atoms with E-state index in [0.717, 1.165) is 17.7 Å². The lowest BCUT2D eigenvalue weighted by Crippen LogP contribution is -2.42. The zero-order valence-corrected chi connectivity index (χ0v) is 15.5. The number of aromatic nitrogens is 2. The van der Waals surface area contributed by atoms with Gasteiger partial charge in [-0.05, 0) is 31.4 Å². The second kappa shape index (κ2) is 7.51. The third-order valence-corrected chi connectivity index (χ3v) is 5.67. The van der Waals surface area contributed by atoms with Gasteiger partial charge in [0.1, 0.15) is 23.5 Å². The Bertz CT molecular complexity index is 909. The summed E-state index contributed by atoms with van der Waals surface area (Å²) in [6, 6.07) is 6.86. The number of carbonyl (C=O) groups is 1. The van der Waals surface area contributed by atoms with Gasteiger partial charge in [-0.15, -0.1) is 11.3 Å². The number of rotatable bonds is 4. The number of hydrogen-bond acceptors (Lipinski definition) is 7. The fourth-order valence-electron chi connectivity index (χ4n) is 3.01. The molecule has 132 valence electrons. The Hall–Kier alpha value is -2.97. The Morgan fingerprint density at radius 2 is 2.23 bits per heavy atom. The number of amides is 1. The van der Waals surface area contributed by atoms with Gasteiger partial charge in [0.15, 0.2) is 11.3 Å². The SMILES string of the molecule is CCc1sc(N(C)C(=O)[C@@H]2CCCN2C#N)nc1-c1cccc(C#N)n1. The van der Waals surface area contributed by atoms with Gasteiger partial charge in [-0.1, -0.05) is 13.0 Å². The molecule has 3 rings (SSSR count). The molecule has 0 saturated carbocycles. The lowest BCUT2D eigenvalue weighted by molar-refractivity contribution is -0.121. The second-order valence-electron chi connectivity index (χ2n) is 5.99. The van der Waals surface area contributed by atoms with Crippen molar-refractivity contribution in [1.29, 1.82) is 10.5 Å². The molecule has 0 unspecified atom stereocenters. The third-order valence-electron chi connectivity index (χ3n) is 4.40. The van der Waals surface area contributed by atoms with E-state index in [2.05, 4.69) is 16.2 Å². The largest absolute Gasteiger partial charge is 0.298 e. The average molecular weight is 366 g/mol. The van der Waals surface area contributed by atoms with Crippen molar-refractivity contribution in [3.63, 3.8) is 0 Å². The maximum absolute atomic E-state index is 12.8. The van der Waals surface area contributed by atoms with Gasteiger partial charge in [0.05, 0.1) is 5.69 Å². The molecule has 2 aromatic rings. The van der Waals surface area contributed by atoms with E-state index in [9.17, 15) is 10.1 Å². The number of aryl methyl sites for hydroxylation is 1. The van der Waals surface area contributed by atoms with Crippen molar-refractivity contribution in [2.24, 2.45) is 0 Å². The number of carbonyl (C=O) groups excluding carboxylic acids is 1. The number of anilines is 1. The van der Waals surface area contributed by atoms with Crippen molar-refractivity contribution in [3.8, 4) is 23.7 Å². The van der Waals surface area contributed by atoms with E-state index < -0.39 is 6.04 Å². The smallest absolute Gasteiger partial charge is 0.251 e. The van der Waals surface area contributed by atoms with Gasteiger partial charge in [0.2, 0.25) is 0 Å². The van der Waals surface area contributed by atoms with E-state index in [0.29, 0.717) is 35.2 Å². The molecule has 8 heteroatoms. The van der Waals surface area contributed by atoms with Crippen LogP contribution < -0.4 is 4.90 Å². The van der Waals surface area contributed by atoms with Crippen LogP contribution in [0.5, 0.6) is 0 Å². The van der Waals surface area contributed by atoms with Crippen LogP contribution in [0.15, 0.2) is 18.2 Å². The summed E-state index contributed by atoms with van der Waals surface area (Å²) < 4.78 is 0. The van der Waals surface area contributed by atoms with Gasteiger partial charge in [0, 0.05) is 18.5 Å². The minimum atomic E-state index is -0.414. The number of hydrogen-bond donors (Lipinski definition) is 0. The Kier molecular flexibility index (Phi) is 5.15. The van der Waals surface area contributed by atoms with Crippen molar-refractivity contribution in [2.75, 3.05) is 18.5 Å². The van der Waals surface area contributed by atoms with Crippen LogP contribution in [0, 0.1) is 22.8 Å². The number of nitriles is 2. The van der Waals surface area contributed by atoms with Crippen LogP contribution in [0.2, 0.25) is 0 Å². The molecule has 0 radical (unpaired) electrons. The highest BCUT2D eigenvalue weighted by molar-refractivity contribution is 7.16. The molecular weight excluding hydrogens is 348 g/mol. The van der Waals surface area contributed by atoms with Crippen molar-refractivity contribution in [1.82, 2.24) is 14.9 Å². The molecule has 0 aliphatic carbocycles. The molecular formula is C18H18N6OS. The standard InChI is InChI=1S/C18H18N6OS/c1-3-15-16(13-7-4-6-12(10-19)21-13)22-18(26-15)23(2)17(25)14-8-5-9-24(14)11-20/h4,6-7,14H,3,5,8-9H2,1-2H3/t14-/m0/s1. The van der Waals surface area contributed by atoms with Crippen molar-refractivity contribution >= 4 is 22.4 Å². The zero-order chi connectivity index (χ0) is 18.7. The first-order chi connectivity index (χ1) is 12.6. The van der Waals surface area contributed by atoms with Gasteiger partial charge < -0.3 is 0 Å². The zero-order valence-electron chi connectivity index (χ0n) is 14.6. The highest BCUT2D eigenvalue weighted by Crippen LogP contribution is 2.33. The van der Waals surface area contributed by atoms with Gasteiger partial charge >= 0.3 is 0 Å². The summed E-state index contributed by atoms with van der Waals surface area (Å²) in [5.74, 6) is -0.120. The number of likely N-dealkylation sites (tertiary alicyclic amines) is 1. The molecule has 0 bridgehead atoms. The number of likely N-dealkylation sites (N-methyl/N-ethyl adjacent to an activating group) is 1. The van der Waals surface area contributed by atoms with Crippen LogP contribution in [0.25, 0.3) is 11.4 Å².